The van der Waals surface area contributed by atoms with Crippen LogP contribution in [0.25, 0.3) is 16.8 Å². The van der Waals surface area contributed by atoms with E-state index in [2.05, 4.69) is 15.3 Å². The van der Waals surface area contributed by atoms with Crippen molar-refractivity contribution in [3.8, 4) is 11.5 Å². The van der Waals surface area contributed by atoms with E-state index in [1.807, 2.05) is 42.5 Å². The third kappa shape index (κ3) is 4.75. The predicted octanol–water partition coefficient (Wildman–Crippen LogP) is 2.55. The SMILES string of the molecule is O=C(C=Cc1ccc2c(c1)OCO2)NCc1nn(CCN2CCCC2)c(=O)c2ccccc12. The highest BCUT2D eigenvalue weighted by molar-refractivity contribution is 5.92. The first kappa shape index (κ1) is 21.2. The molecular formula is C25H26N4O4. The summed E-state index contributed by atoms with van der Waals surface area (Å²) in [5.41, 5.74) is 1.42. The molecule has 8 nitrogen and oxygen atoms in total. The fraction of sp³-hybridized carbons (Fsp3) is 0.320. The van der Waals surface area contributed by atoms with Crippen LogP contribution in [0.3, 0.4) is 0 Å². The molecule has 5 rings (SSSR count). The second-order valence-corrected chi connectivity index (χ2v) is 8.23. The van der Waals surface area contributed by atoms with Crippen molar-refractivity contribution < 1.29 is 14.3 Å². The van der Waals surface area contributed by atoms with E-state index in [0.29, 0.717) is 29.1 Å². The third-order valence-electron chi connectivity index (χ3n) is 6.02. The minimum atomic E-state index is -0.242. The van der Waals surface area contributed by atoms with Gasteiger partial charge in [0.25, 0.3) is 5.56 Å². The number of amides is 1. The summed E-state index contributed by atoms with van der Waals surface area (Å²) in [5.74, 6) is 1.13. The van der Waals surface area contributed by atoms with Gasteiger partial charge in [0.15, 0.2) is 11.5 Å². The first-order valence-corrected chi connectivity index (χ1v) is 11.2. The van der Waals surface area contributed by atoms with Crippen LogP contribution in [0.2, 0.25) is 0 Å². The molecule has 2 aliphatic rings. The van der Waals surface area contributed by atoms with E-state index in [1.165, 1.54) is 23.6 Å². The second kappa shape index (κ2) is 9.46. The van der Waals surface area contributed by atoms with Crippen LogP contribution < -0.4 is 20.3 Å². The van der Waals surface area contributed by atoms with Gasteiger partial charge in [-0.3, -0.25) is 9.59 Å². The molecule has 3 heterocycles. The molecule has 0 radical (unpaired) electrons. The van der Waals surface area contributed by atoms with Crippen LogP contribution in [-0.2, 0) is 17.9 Å². The molecule has 1 amide bonds. The lowest BCUT2D eigenvalue weighted by Crippen LogP contribution is -2.32. The number of carbonyl (C=O) groups is 1. The number of nitrogens with one attached hydrogen (secondary N) is 1. The smallest absolute Gasteiger partial charge is 0.274 e. The number of nitrogens with zero attached hydrogens (tertiary/aromatic N) is 3. The van der Waals surface area contributed by atoms with Crippen LogP contribution in [0.1, 0.15) is 24.1 Å². The summed E-state index contributed by atoms with van der Waals surface area (Å²) < 4.78 is 12.2. The highest BCUT2D eigenvalue weighted by Gasteiger charge is 2.15. The minimum Gasteiger partial charge on any atom is -0.454 e. The van der Waals surface area contributed by atoms with Gasteiger partial charge < -0.3 is 19.7 Å². The number of likely N-dealkylation sites (tertiary alicyclic amines) is 1. The van der Waals surface area contributed by atoms with E-state index in [9.17, 15) is 9.59 Å². The Morgan fingerprint density at radius 3 is 2.67 bits per heavy atom. The quantitative estimate of drug-likeness (QED) is 0.562. The average molecular weight is 447 g/mol. The summed E-state index contributed by atoms with van der Waals surface area (Å²) in [6.07, 6.45) is 5.61. The molecule has 1 aromatic heterocycles. The molecule has 8 heteroatoms. The topological polar surface area (TPSA) is 85.7 Å². The molecule has 0 bridgehead atoms. The molecule has 0 spiro atoms. The van der Waals surface area contributed by atoms with Gasteiger partial charge in [-0.2, -0.15) is 5.10 Å². The van der Waals surface area contributed by atoms with E-state index < -0.39 is 0 Å². The number of ether oxygens (including phenoxy) is 2. The van der Waals surface area contributed by atoms with E-state index in [0.717, 1.165) is 30.6 Å². The molecule has 0 unspecified atom stereocenters. The van der Waals surface area contributed by atoms with Gasteiger partial charge in [0.1, 0.15) is 0 Å². The van der Waals surface area contributed by atoms with Gasteiger partial charge >= 0.3 is 0 Å². The maximum absolute atomic E-state index is 12.9. The number of carbonyl (C=O) groups excluding carboxylic acids is 1. The zero-order chi connectivity index (χ0) is 22.6. The Balaban J connectivity index is 1.29. The van der Waals surface area contributed by atoms with Gasteiger partial charge in [-0.05, 0) is 55.8 Å². The lowest BCUT2D eigenvalue weighted by Gasteiger charge is -2.16. The fourth-order valence-corrected chi connectivity index (χ4v) is 4.25. The maximum atomic E-state index is 12.9. The number of aromatic nitrogens is 2. The molecule has 170 valence electrons. The third-order valence-corrected chi connectivity index (χ3v) is 6.02. The number of hydrogen-bond donors (Lipinski definition) is 1. The molecule has 1 N–H and O–H groups in total. The zero-order valence-electron chi connectivity index (χ0n) is 18.3. The Morgan fingerprint density at radius 2 is 1.82 bits per heavy atom. The molecule has 2 aromatic carbocycles. The lowest BCUT2D eigenvalue weighted by atomic mass is 10.1. The van der Waals surface area contributed by atoms with Crippen molar-refractivity contribution in [2.45, 2.75) is 25.9 Å². The molecule has 1 saturated heterocycles. The summed E-state index contributed by atoms with van der Waals surface area (Å²) in [6, 6.07) is 12.9. The maximum Gasteiger partial charge on any atom is 0.274 e. The van der Waals surface area contributed by atoms with Crippen molar-refractivity contribution >= 4 is 22.8 Å². The van der Waals surface area contributed by atoms with Crippen LogP contribution >= 0.6 is 0 Å². The molecule has 1 fully saturated rings. The zero-order valence-corrected chi connectivity index (χ0v) is 18.3. The molecular weight excluding hydrogens is 420 g/mol. The van der Waals surface area contributed by atoms with Crippen molar-refractivity contribution in [1.29, 1.82) is 0 Å². The molecule has 3 aromatic rings. The van der Waals surface area contributed by atoms with E-state index in [1.54, 1.807) is 6.08 Å². The van der Waals surface area contributed by atoms with Crippen LogP contribution in [0.4, 0.5) is 0 Å². The van der Waals surface area contributed by atoms with Crippen molar-refractivity contribution in [1.82, 2.24) is 20.0 Å². The van der Waals surface area contributed by atoms with Crippen molar-refractivity contribution in [3.63, 3.8) is 0 Å². The van der Waals surface area contributed by atoms with Gasteiger partial charge in [0.05, 0.1) is 24.2 Å². The standard InChI is InChI=1S/C25H26N4O4/c30-24(10-8-18-7-9-22-23(15-18)33-17-32-22)26-16-21-19-5-1-2-6-20(19)25(31)29(27-21)14-13-28-11-3-4-12-28/h1-2,5-10,15H,3-4,11-14,16-17H2,(H,26,30). The lowest BCUT2D eigenvalue weighted by molar-refractivity contribution is -0.116. The van der Waals surface area contributed by atoms with Crippen molar-refractivity contribution in [2.24, 2.45) is 0 Å². The Labute approximate surface area is 191 Å². The van der Waals surface area contributed by atoms with Gasteiger partial charge in [0, 0.05) is 18.0 Å². The van der Waals surface area contributed by atoms with Gasteiger partial charge in [-0.1, -0.05) is 24.3 Å². The number of benzene rings is 2. The predicted molar refractivity (Wildman–Crippen MR) is 125 cm³/mol. The Kier molecular flexibility index (Phi) is 6.08. The molecule has 0 saturated carbocycles. The number of rotatable bonds is 7. The largest absolute Gasteiger partial charge is 0.454 e. The van der Waals surface area contributed by atoms with Crippen molar-refractivity contribution in [2.75, 3.05) is 26.4 Å². The van der Waals surface area contributed by atoms with Crippen LogP contribution in [0.5, 0.6) is 11.5 Å². The first-order valence-electron chi connectivity index (χ1n) is 11.2. The van der Waals surface area contributed by atoms with Crippen molar-refractivity contribution in [3.05, 3.63) is 70.2 Å². The molecule has 33 heavy (non-hydrogen) atoms. The molecule has 0 atom stereocenters. The van der Waals surface area contributed by atoms with E-state index >= 15 is 0 Å². The van der Waals surface area contributed by atoms with E-state index in [4.69, 9.17) is 9.47 Å². The highest BCUT2D eigenvalue weighted by Crippen LogP contribution is 2.32. The summed E-state index contributed by atoms with van der Waals surface area (Å²) in [7, 11) is 0. The summed E-state index contributed by atoms with van der Waals surface area (Å²) in [6.45, 7) is 3.92. The van der Waals surface area contributed by atoms with Gasteiger partial charge in [0.2, 0.25) is 12.7 Å². The summed E-state index contributed by atoms with van der Waals surface area (Å²) in [4.78, 5) is 27.7. The fourth-order valence-electron chi connectivity index (χ4n) is 4.25. The van der Waals surface area contributed by atoms with Crippen LogP contribution in [-0.4, -0.2) is 47.0 Å². The molecule has 0 aliphatic carbocycles. The van der Waals surface area contributed by atoms with Crippen LogP contribution in [0.15, 0.2) is 53.3 Å². The van der Waals surface area contributed by atoms with E-state index in [-0.39, 0.29) is 24.8 Å². The average Bonchev–Trinajstić information content (AvgIpc) is 3.53. The number of fused-ring (bicyclic) bond motifs is 2. The van der Waals surface area contributed by atoms with Gasteiger partial charge in [-0.25, -0.2) is 4.68 Å². The van der Waals surface area contributed by atoms with Gasteiger partial charge in [-0.15, -0.1) is 0 Å². The Morgan fingerprint density at radius 1 is 1.03 bits per heavy atom. The van der Waals surface area contributed by atoms with Crippen LogP contribution in [0, 0.1) is 0 Å². The number of hydrogen-bond acceptors (Lipinski definition) is 6. The second-order valence-electron chi connectivity index (χ2n) is 8.23. The normalized spacial score (nSPS) is 15.5. The highest BCUT2D eigenvalue weighted by atomic mass is 16.7. The minimum absolute atomic E-state index is 0.0948. The summed E-state index contributed by atoms with van der Waals surface area (Å²) >= 11 is 0. The monoisotopic (exact) mass is 446 g/mol. The summed E-state index contributed by atoms with van der Waals surface area (Å²) in [5, 5.41) is 8.87. The molecule has 2 aliphatic heterocycles. The Hall–Kier alpha value is -3.65. The Bertz CT molecular complexity index is 1260. The first-order chi connectivity index (χ1) is 16.2.